The summed E-state index contributed by atoms with van der Waals surface area (Å²) in [6, 6.07) is 6.74. The van der Waals surface area contributed by atoms with Crippen LogP contribution < -0.4 is 4.74 Å². The summed E-state index contributed by atoms with van der Waals surface area (Å²) in [5.74, 6) is 0.293. The molecule has 0 aliphatic carbocycles. The molecule has 0 saturated carbocycles. The van der Waals surface area contributed by atoms with E-state index in [0.717, 1.165) is 17.1 Å². The van der Waals surface area contributed by atoms with Crippen LogP contribution in [0.3, 0.4) is 0 Å². The van der Waals surface area contributed by atoms with Gasteiger partial charge in [0.05, 0.1) is 23.8 Å². The number of nitrogens with zero attached hydrogens (tertiary/aromatic N) is 4. The molecule has 7 nitrogen and oxygen atoms in total. The topological polar surface area (TPSA) is 76.8 Å². The van der Waals surface area contributed by atoms with Gasteiger partial charge in [-0.25, -0.2) is 17.7 Å². The van der Waals surface area contributed by atoms with E-state index in [1.807, 2.05) is 17.5 Å². The van der Waals surface area contributed by atoms with Crippen LogP contribution in [0.4, 0.5) is 8.78 Å². The fourth-order valence-corrected chi connectivity index (χ4v) is 4.96. The fourth-order valence-electron chi connectivity index (χ4n) is 4.08. The molecule has 10 heteroatoms. The number of alkyl halides is 2. The Balaban J connectivity index is 1.62. The van der Waals surface area contributed by atoms with Gasteiger partial charge in [-0.05, 0) is 25.8 Å². The average molecular weight is 451 g/mol. The van der Waals surface area contributed by atoms with Crippen molar-refractivity contribution < 1.29 is 21.9 Å². The highest BCUT2D eigenvalue weighted by Crippen LogP contribution is 2.29. The Morgan fingerprint density at radius 1 is 1.23 bits per heavy atom. The van der Waals surface area contributed by atoms with Crippen LogP contribution in [0.2, 0.25) is 0 Å². The van der Waals surface area contributed by atoms with Crippen molar-refractivity contribution >= 4 is 15.7 Å². The smallest absolute Gasteiger partial charge is 0.387 e. The minimum absolute atomic E-state index is 0.146. The van der Waals surface area contributed by atoms with Crippen molar-refractivity contribution in [3.05, 3.63) is 59.3 Å². The van der Waals surface area contributed by atoms with Crippen molar-refractivity contribution in [2.45, 2.75) is 38.7 Å². The number of ether oxygens (including phenoxy) is 1. The molecule has 1 aliphatic heterocycles. The van der Waals surface area contributed by atoms with Gasteiger partial charge in [0, 0.05) is 42.9 Å². The second kappa shape index (κ2) is 8.51. The molecule has 0 amide bonds. The molecule has 0 N–H and O–H groups in total. The lowest BCUT2D eigenvalue weighted by Crippen LogP contribution is -2.37. The Morgan fingerprint density at radius 3 is 2.61 bits per heavy atom. The summed E-state index contributed by atoms with van der Waals surface area (Å²) >= 11 is 0. The van der Waals surface area contributed by atoms with E-state index in [9.17, 15) is 17.2 Å². The Labute approximate surface area is 179 Å². The number of rotatable bonds is 6. The van der Waals surface area contributed by atoms with Gasteiger partial charge in [-0.15, -0.1) is 0 Å². The Morgan fingerprint density at radius 2 is 1.94 bits per heavy atom. The molecule has 0 bridgehead atoms. The molecule has 3 heterocycles. The number of para-hydroxylation sites is 1. The van der Waals surface area contributed by atoms with Gasteiger partial charge in [0.25, 0.3) is 0 Å². The molecular weight excluding hydrogens is 426 g/mol. The molecule has 0 spiro atoms. The van der Waals surface area contributed by atoms with Gasteiger partial charge in [0.15, 0.2) is 5.65 Å². The number of aromatic nitrogens is 3. The highest BCUT2D eigenvalue weighted by molar-refractivity contribution is 7.88. The molecule has 1 saturated heterocycles. The second-order valence-electron chi connectivity index (χ2n) is 7.78. The number of aryl methyl sites for hydroxylation is 1. The lowest BCUT2D eigenvalue weighted by atomic mass is 9.95. The van der Waals surface area contributed by atoms with E-state index in [1.54, 1.807) is 24.4 Å². The summed E-state index contributed by atoms with van der Waals surface area (Å²) < 4.78 is 57.2. The minimum atomic E-state index is -3.18. The van der Waals surface area contributed by atoms with Crippen molar-refractivity contribution in [1.82, 2.24) is 18.7 Å². The average Bonchev–Trinajstić information content (AvgIpc) is 3.03. The van der Waals surface area contributed by atoms with E-state index in [1.165, 1.54) is 16.6 Å². The van der Waals surface area contributed by atoms with E-state index in [2.05, 4.69) is 14.7 Å². The molecule has 0 radical (unpaired) electrons. The van der Waals surface area contributed by atoms with Crippen molar-refractivity contribution in [3.63, 3.8) is 0 Å². The number of benzene rings is 1. The predicted octanol–water partition coefficient (Wildman–Crippen LogP) is 3.37. The lowest BCUT2D eigenvalue weighted by molar-refractivity contribution is -0.0504. The van der Waals surface area contributed by atoms with Crippen molar-refractivity contribution in [3.8, 4) is 5.75 Å². The summed E-state index contributed by atoms with van der Waals surface area (Å²) in [4.78, 5) is 9.12. The number of hydrogen-bond donors (Lipinski definition) is 0. The molecule has 1 fully saturated rings. The van der Waals surface area contributed by atoms with Gasteiger partial charge in [-0.1, -0.05) is 18.2 Å². The standard InChI is InChI=1S/C21H24F2N4O3S/c1-14-18(11-16-5-3-4-6-19(16)30-21(22)23)27-13-17(24-12-20(27)25-14)15-7-9-26(10-8-15)31(2,28)29/h3-6,12-13,15,21H,7-11H2,1-2H3. The van der Waals surface area contributed by atoms with Gasteiger partial charge in [0.2, 0.25) is 10.0 Å². The summed E-state index contributed by atoms with van der Waals surface area (Å²) in [6.07, 6.45) is 6.64. The Bertz CT molecular complexity index is 1190. The molecule has 166 valence electrons. The van der Waals surface area contributed by atoms with Crippen LogP contribution in [0, 0.1) is 6.92 Å². The van der Waals surface area contributed by atoms with Crippen LogP contribution in [-0.2, 0) is 16.4 Å². The SMILES string of the molecule is Cc1nc2cnc(C3CCN(S(C)(=O)=O)CC3)cn2c1Cc1ccccc1OC(F)F. The van der Waals surface area contributed by atoms with Crippen molar-refractivity contribution in [1.29, 1.82) is 0 Å². The second-order valence-corrected chi connectivity index (χ2v) is 9.77. The summed E-state index contributed by atoms with van der Waals surface area (Å²) in [7, 11) is -3.18. The van der Waals surface area contributed by atoms with Gasteiger partial charge in [-0.2, -0.15) is 8.78 Å². The first kappa shape index (κ1) is 21.6. The number of imidazole rings is 1. The van der Waals surface area contributed by atoms with E-state index in [-0.39, 0.29) is 11.7 Å². The van der Waals surface area contributed by atoms with E-state index in [0.29, 0.717) is 43.6 Å². The fraction of sp³-hybridized carbons (Fsp3) is 0.429. The van der Waals surface area contributed by atoms with Crippen molar-refractivity contribution in [2.75, 3.05) is 19.3 Å². The molecule has 2 aromatic heterocycles. The largest absolute Gasteiger partial charge is 0.435 e. The first-order valence-electron chi connectivity index (χ1n) is 10.0. The van der Waals surface area contributed by atoms with Crippen LogP contribution in [-0.4, -0.2) is 53.0 Å². The van der Waals surface area contributed by atoms with Crippen LogP contribution in [0.15, 0.2) is 36.7 Å². The minimum Gasteiger partial charge on any atom is -0.435 e. The first-order chi connectivity index (χ1) is 14.7. The third-order valence-electron chi connectivity index (χ3n) is 5.72. The summed E-state index contributed by atoms with van der Waals surface area (Å²) in [6.45, 7) is -0.0733. The quantitative estimate of drug-likeness (QED) is 0.576. The monoisotopic (exact) mass is 450 g/mol. The molecule has 0 atom stereocenters. The van der Waals surface area contributed by atoms with Crippen molar-refractivity contribution in [2.24, 2.45) is 0 Å². The maximum Gasteiger partial charge on any atom is 0.387 e. The van der Waals surface area contributed by atoms with Gasteiger partial charge in [-0.3, -0.25) is 4.98 Å². The zero-order chi connectivity index (χ0) is 22.2. The van der Waals surface area contributed by atoms with Gasteiger partial charge >= 0.3 is 6.61 Å². The number of piperidine rings is 1. The number of hydrogen-bond acceptors (Lipinski definition) is 5. The van der Waals surface area contributed by atoms with Crippen LogP contribution in [0.1, 0.15) is 41.4 Å². The molecule has 1 aliphatic rings. The van der Waals surface area contributed by atoms with Crippen LogP contribution in [0.5, 0.6) is 5.75 Å². The first-order valence-corrected chi connectivity index (χ1v) is 11.9. The maximum absolute atomic E-state index is 12.8. The predicted molar refractivity (Wildman–Crippen MR) is 112 cm³/mol. The molecular formula is C21H24F2N4O3S. The van der Waals surface area contributed by atoms with Gasteiger partial charge < -0.3 is 9.14 Å². The highest BCUT2D eigenvalue weighted by Gasteiger charge is 2.27. The molecule has 31 heavy (non-hydrogen) atoms. The maximum atomic E-state index is 12.8. The molecule has 0 unspecified atom stereocenters. The molecule has 4 rings (SSSR count). The third kappa shape index (κ3) is 4.69. The molecule has 1 aromatic carbocycles. The van der Waals surface area contributed by atoms with E-state index >= 15 is 0 Å². The zero-order valence-corrected chi connectivity index (χ0v) is 18.1. The van der Waals surface area contributed by atoms with Gasteiger partial charge in [0.1, 0.15) is 5.75 Å². The normalized spacial score (nSPS) is 16.3. The van der Waals surface area contributed by atoms with E-state index in [4.69, 9.17) is 0 Å². The van der Waals surface area contributed by atoms with Crippen LogP contribution >= 0.6 is 0 Å². The highest BCUT2D eigenvalue weighted by atomic mass is 32.2. The summed E-state index contributed by atoms with van der Waals surface area (Å²) in [5, 5.41) is 0. The van der Waals surface area contributed by atoms with Crippen LogP contribution in [0.25, 0.3) is 5.65 Å². The van der Waals surface area contributed by atoms with E-state index < -0.39 is 16.6 Å². The third-order valence-corrected chi connectivity index (χ3v) is 7.02. The number of halogens is 2. The zero-order valence-electron chi connectivity index (χ0n) is 17.3. The lowest BCUT2D eigenvalue weighted by Gasteiger charge is -2.29. The molecule has 3 aromatic rings. The Kier molecular flexibility index (Phi) is 5.94. The summed E-state index contributed by atoms with van der Waals surface area (Å²) in [5.41, 5.74) is 3.86. The Hall–Kier alpha value is -2.59. The number of fused-ring (bicyclic) bond motifs is 1. The number of sulfonamides is 1.